The van der Waals surface area contributed by atoms with E-state index in [2.05, 4.69) is 33.3 Å². The van der Waals surface area contributed by atoms with Gasteiger partial charge in [-0.25, -0.2) is 18.5 Å². The molecule has 1 aromatic carbocycles. The molecule has 2 aliphatic rings. The maximum atomic E-state index is 13.0. The van der Waals surface area contributed by atoms with Crippen LogP contribution in [0.1, 0.15) is 34.2 Å². The number of hydrogen-bond donors (Lipinski definition) is 3. The maximum Gasteiger partial charge on any atom is 0.251 e. The highest BCUT2D eigenvalue weighted by Gasteiger charge is 2.35. The number of amidine groups is 1. The molecule has 9 nitrogen and oxygen atoms in total. The summed E-state index contributed by atoms with van der Waals surface area (Å²) in [5, 5.41) is 9.64. The Morgan fingerprint density at radius 2 is 2.00 bits per heavy atom. The molecule has 3 aromatic rings. The van der Waals surface area contributed by atoms with Crippen molar-refractivity contribution >= 4 is 32.5 Å². The first-order valence-corrected chi connectivity index (χ1v) is 13.6. The first-order valence-electron chi connectivity index (χ1n) is 12.1. The van der Waals surface area contributed by atoms with Crippen LogP contribution in [0, 0.1) is 18.3 Å². The van der Waals surface area contributed by atoms with Crippen molar-refractivity contribution in [2.24, 2.45) is 27.2 Å². The number of carbonyl (C=O) groups excluding carboxylic acids is 1. The van der Waals surface area contributed by atoms with Gasteiger partial charge in [0.25, 0.3) is 5.91 Å². The van der Waals surface area contributed by atoms with Gasteiger partial charge in [0.1, 0.15) is 5.84 Å². The van der Waals surface area contributed by atoms with E-state index >= 15 is 0 Å². The fourth-order valence-corrected chi connectivity index (χ4v) is 5.74. The molecule has 0 fully saturated rings. The van der Waals surface area contributed by atoms with Gasteiger partial charge >= 0.3 is 0 Å². The Bertz CT molecular complexity index is 1690. The van der Waals surface area contributed by atoms with E-state index in [0.29, 0.717) is 41.0 Å². The number of amides is 1. The number of fused-ring (bicyclic) bond motifs is 2. The maximum absolute atomic E-state index is 13.0. The van der Waals surface area contributed by atoms with E-state index in [1.165, 1.54) is 12.3 Å². The fourth-order valence-electron chi connectivity index (χ4n) is 4.95. The molecular formula is C28H28N6O3S. The van der Waals surface area contributed by atoms with Gasteiger partial charge < -0.3 is 11.1 Å². The molecule has 1 aliphatic carbocycles. The summed E-state index contributed by atoms with van der Waals surface area (Å²) in [5.74, 6) is 0.338. The van der Waals surface area contributed by atoms with Crippen molar-refractivity contribution in [3.05, 3.63) is 101 Å². The van der Waals surface area contributed by atoms with Crippen LogP contribution in [0.25, 0.3) is 10.8 Å². The summed E-state index contributed by atoms with van der Waals surface area (Å²) in [6, 6.07) is 8.59. The molecular weight excluding hydrogens is 500 g/mol. The van der Waals surface area contributed by atoms with Crippen LogP contribution >= 0.6 is 0 Å². The smallest absolute Gasteiger partial charge is 0.251 e. The predicted octanol–water partition coefficient (Wildman–Crippen LogP) is 2.91. The Morgan fingerprint density at radius 3 is 2.79 bits per heavy atom. The molecule has 1 amide bonds. The van der Waals surface area contributed by atoms with Crippen molar-refractivity contribution in [2.75, 3.05) is 6.54 Å². The molecule has 2 aromatic heterocycles. The molecule has 1 aliphatic heterocycles. The number of carbonyl (C=O) groups is 1. The fraction of sp³-hybridized carbons (Fsp3) is 0.214. The number of rotatable bonds is 6. The minimum atomic E-state index is -3.96. The van der Waals surface area contributed by atoms with Crippen molar-refractivity contribution in [1.29, 1.82) is 0 Å². The minimum absolute atomic E-state index is 0.000216. The van der Waals surface area contributed by atoms with Crippen molar-refractivity contribution in [1.82, 2.24) is 15.3 Å². The quantitative estimate of drug-likeness (QED) is 0.447. The lowest BCUT2D eigenvalue weighted by Crippen LogP contribution is -2.38. The Hall–Kier alpha value is -4.15. The van der Waals surface area contributed by atoms with Gasteiger partial charge in [0.15, 0.2) is 0 Å². The van der Waals surface area contributed by atoms with E-state index in [-0.39, 0.29) is 22.1 Å². The van der Waals surface area contributed by atoms with Gasteiger partial charge in [-0.1, -0.05) is 37.3 Å². The van der Waals surface area contributed by atoms with E-state index in [4.69, 9.17) is 10.9 Å². The number of allylic oxidation sites excluding steroid dienone is 2. The van der Waals surface area contributed by atoms with E-state index in [1.54, 1.807) is 24.5 Å². The molecule has 2 unspecified atom stereocenters. The van der Waals surface area contributed by atoms with Crippen LogP contribution in [0.15, 0.2) is 88.7 Å². The van der Waals surface area contributed by atoms with Crippen molar-refractivity contribution in [3.63, 3.8) is 0 Å². The number of aliphatic imine (C=N–C) groups is 1. The number of benzene rings is 1. The summed E-state index contributed by atoms with van der Waals surface area (Å²) in [6.07, 6.45) is 13.2. The molecule has 2 atom stereocenters. The monoisotopic (exact) mass is 528 g/mol. The number of primary sulfonamides is 1. The SMILES string of the molecule is Cc1cc2cc(Cc3cc(C(=O)NCC4=CC5(C)C=CN=C(N)C5C=C4)ccn3)cc(S(N)(=O)=O)c2cn1. The van der Waals surface area contributed by atoms with Crippen LogP contribution in [-0.4, -0.2) is 36.7 Å². The average molecular weight is 529 g/mol. The first kappa shape index (κ1) is 25.5. The number of nitrogens with one attached hydrogen (secondary N) is 1. The Labute approximate surface area is 221 Å². The number of sulfonamides is 1. The summed E-state index contributed by atoms with van der Waals surface area (Å²) in [4.78, 5) is 25.8. The molecule has 5 rings (SSSR count). The second kappa shape index (κ2) is 9.62. The second-order valence-corrected chi connectivity index (χ2v) is 11.4. The predicted molar refractivity (Wildman–Crippen MR) is 147 cm³/mol. The number of hydrogen-bond acceptors (Lipinski definition) is 7. The second-order valence-electron chi connectivity index (χ2n) is 9.87. The summed E-state index contributed by atoms with van der Waals surface area (Å²) in [7, 11) is -3.96. The summed E-state index contributed by atoms with van der Waals surface area (Å²) in [6.45, 7) is 4.28. The highest BCUT2D eigenvalue weighted by atomic mass is 32.2. The third-order valence-corrected chi connectivity index (χ3v) is 7.82. The van der Waals surface area contributed by atoms with Gasteiger partial charge in [0, 0.05) is 65.2 Å². The van der Waals surface area contributed by atoms with E-state index in [0.717, 1.165) is 16.7 Å². The van der Waals surface area contributed by atoms with E-state index in [9.17, 15) is 13.2 Å². The molecule has 3 heterocycles. The highest BCUT2D eigenvalue weighted by Crippen LogP contribution is 2.38. The normalized spacial score (nSPS) is 20.6. The number of aryl methyl sites for hydroxylation is 1. The molecule has 0 saturated heterocycles. The molecule has 0 saturated carbocycles. The zero-order valence-corrected chi connectivity index (χ0v) is 21.9. The Balaban J connectivity index is 1.33. The summed E-state index contributed by atoms with van der Waals surface area (Å²) >= 11 is 0. The van der Waals surface area contributed by atoms with Gasteiger partial charge in [0.05, 0.1) is 4.90 Å². The first-order chi connectivity index (χ1) is 18.0. The van der Waals surface area contributed by atoms with Crippen LogP contribution < -0.4 is 16.2 Å². The van der Waals surface area contributed by atoms with Crippen LogP contribution in [-0.2, 0) is 16.4 Å². The number of pyridine rings is 2. The van der Waals surface area contributed by atoms with Crippen molar-refractivity contribution < 1.29 is 13.2 Å². The van der Waals surface area contributed by atoms with Gasteiger partial charge in [-0.3, -0.25) is 14.8 Å². The molecule has 0 spiro atoms. The lowest BCUT2D eigenvalue weighted by molar-refractivity contribution is 0.0957. The van der Waals surface area contributed by atoms with Crippen LogP contribution in [0.4, 0.5) is 0 Å². The summed E-state index contributed by atoms with van der Waals surface area (Å²) in [5.41, 5.74) is 9.30. The molecule has 38 heavy (non-hydrogen) atoms. The topological polar surface area (TPSA) is 153 Å². The third-order valence-electron chi connectivity index (χ3n) is 6.86. The van der Waals surface area contributed by atoms with Gasteiger partial charge in [0.2, 0.25) is 10.0 Å². The van der Waals surface area contributed by atoms with E-state index in [1.807, 2.05) is 37.3 Å². The van der Waals surface area contributed by atoms with Gasteiger partial charge in [-0.2, -0.15) is 0 Å². The van der Waals surface area contributed by atoms with E-state index < -0.39 is 10.0 Å². The van der Waals surface area contributed by atoms with Crippen LogP contribution in [0.3, 0.4) is 0 Å². The molecule has 0 bridgehead atoms. The lowest BCUT2D eigenvalue weighted by atomic mass is 9.71. The van der Waals surface area contributed by atoms with Crippen LogP contribution in [0.5, 0.6) is 0 Å². The minimum Gasteiger partial charge on any atom is -0.387 e. The number of aromatic nitrogens is 2. The third kappa shape index (κ3) is 5.13. The average Bonchev–Trinajstić information content (AvgIpc) is 2.86. The molecule has 5 N–H and O–H groups in total. The molecule has 10 heteroatoms. The number of nitrogens with two attached hydrogens (primary N) is 2. The molecule has 0 radical (unpaired) electrons. The standard InChI is InChI=1S/C28H28N6O3S/c1-17-9-21-10-19(12-25(38(30,36)37)23(21)16-33-17)11-22-13-20(5-7-31-22)27(35)34-15-18-3-4-24-26(29)32-8-6-28(24,2)14-18/h3-10,12-14,16,24H,11,15H2,1-2H3,(H2,29,32)(H,34,35)(H2,30,36,37). The zero-order valence-electron chi connectivity index (χ0n) is 21.0. The Kier molecular flexibility index (Phi) is 6.46. The lowest BCUT2D eigenvalue weighted by Gasteiger charge is -2.35. The highest BCUT2D eigenvalue weighted by molar-refractivity contribution is 7.89. The van der Waals surface area contributed by atoms with Gasteiger partial charge in [-0.15, -0.1) is 0 Å². The summed E-state index contributed by atoms with van der Waals surface area (Å²) < 4.78 is 24.5. The zero-order chi connectivity index (χ0) is 27.1. The van der Waals surface area contributed by atoms with Gasteiger partial charge in [-0.05, 0) is 47.7 Å². The number of nitrogens with zero attached hydrogens (tertiary/aromatic N) is 3. The van der Waals surface area contributed by atoms with Crippen molar-refractivity contribution in [3.8, 4) is 0 Å². The van der Waals surface area contributed by atoms with Crippen LogP contribution in [0.2, 0.25) is 0 Å². The molecule has 194 valence electrons. The Morgan fingerprint density at radius 1 is 1.18 bits per heavy atom. The largest absolute Gasteiger partial charge is 0.387 e. The van der Waals surface area contributed by atoms with Crippen molar-refractivity contribution in [2.45, 2.75) is 25.2 Å².